The van der Waals surface area contributed by atoms with Crippen LogP contribution >= 0.6 is 0 Å². The van der Waals surface area contributed by atoms with Gasteiger partial charge in [0.25, 0.3) is 0 Å². The third kappa shape index (κ3) is 4.52. The Labute approximate surface area is 257 Å². The number of ketones is 2. The SMILES string of the molecule is CC1=CC(=O)C2=C(C[C@@H]3C(=CC[C@@H]4C(=O)N(C5CCN(Cc6ccccc6)CC5)C(=O)[C@@H]43)[C@@H]2c2cc(C)c(O)c(C)c2)C1=O. The first-order chi connectivity index (χ1) is 21.1. The first-order valence-electron chi connectivity index (χ1n) is 15.8. The van der Waals surface area contributed by atoms with Crippen molar-refractivity contribution in [2.24, 2.45) is 17.8 Å². The zero-order valence-corrected chi connectivity index (χ0v) is 25.5. The summed E-state index contributed by atoms with van der Waals surface area (Å²) >= 11 is 0. The maximum absolute atomic E-state index is 14.3. The molecule has 7 heteroatoms. The summed E-state index contributed by atoms with van der Waals surface area (Å²) in [5, 5.41) is 10.5. The molecule has 0 spiro atoms. The summed E-state index contributed by atoms with van der Waals surface area (Å²) in [6.45, 7) is 7.81. The molecule has 4 atom stereocenters. The number of rotatable bonds is 4. The van der Waals surface area contributed by atoms with Gasteiger partial charge in [-0.25, -0.2) is 0 Å². The van der Waals surface area contributed by atoms with Crippen LogP contribution in [-0.4, -0.2) is 57.4 Å². The van der Waals surface area contributed by atoms with E-state index in [1.807, 2.05) is 44.2 Å². The number of aryl methyl sites for hydroxylation is 2. The van der Waals surface area contributed by atoms with Gasteiger partial charge in [-0.05, 0) is 80.7 Å². The van der Waals surface area contributed by atoms with E-state index in [4.69, 9.17) is 0 Å². The second-order valence-corrected chi connectivity index (χ2v) is 13.3. The van der Waals surface area contributed by atoms with E-state index in [9.17, 15) is 24.3 Å². The number of benzene rings is 2. The van der Waals surface area contributed by atoms with Gasteiger partial charge in [-0.3, -0.25) is 29.0 Å². The predicted molar refractivity (Wildman–Crippen MR) is 165 cm³/mol. The maximum atomic E-state index is 14.3. The number of aromatic hydroxyl groups is 1. The van der Waals surface area contributed by atoms with Crippen LogP contribution in [0.4, 0.5) is 0 Å². The van der Waals surface area contributed by atoms with Crippen molar-refractivity contribution < 1.29 is 24.3 Å². The Morgan fingerprint density at radius 3 is 2.25 bits per heavy atom. The van der Waals surface area contributed by atoms with Crippen LogP contribution in [0.25, 0.3) is 0 Å². The molecule has 7 nitrogen and oxygen atoms in total. The van der Waals surface area contributed by atoms with Crippen LogP contribution in [0.1, 0.15) is 60.8 Å². The second kappa shape index (κ2) is 10.8. The Hall–Kier alpha value is -4.10. The molecule has 5 aliphatic rings. The number of likely N-dealkylation sites (tertiary alicyclic amines) is 2. The zero-order chi connectivity index (χ0) is 30.9. The number of piperidine rings is 1. The maximum Gasteiger partial charge on any atom is 0.233 e. The van der Waals surface area contributed by atoms with Crippen molar-refractivity contribution in [3.8, 4) is 5.75 Å². The first-order valence-corrected chi connectivity index (χ1v) is 15.8. The van der Waals surface area contributed by atoms with Gasteiger partial charge in [0.1, 0.15) is 5.75 Å². The quantitative estimate of drug-likeness (QED) is 0.303. The van der Waals surface area contributed by atoms with Gasteiger partial charge in [-0.15, -0.1) is 0 Å². The number of fused-ring (bicyclic) bond motifs is 3. The van der Waals surface area contributed by atoms with Crippen molar-refractivity contribution in [3.05, 3.63) is 99.2 Å². The number of nitrogens with zero attached hydrogens (tertiary/aromatic N) is 2. The lowest BCUT2D eigenvalue weighted by Gasteiger charge is -2.42. The second-order valence-electron chi connectivity index (χ2n) is 13.3. The fourth-order valence-corrected chi connectivity index (χ4v) is 8.48. The smallest absolute Gasteiger partial charge is 0.233 e. The minimum absolute atomic E-state index is 0.0911. The zero-order valence-electron chi connectivity index (χ0n) is 25.5. The molecule has 0 bridgehead atoms. The monoisotopic (exact) mass is 590 g/mol. The standard InChI is InChI=1S/C37H38N2O5/c1-20-15-24(16-21(2)34(20)41)31-26-9-10-27-32(28(26)18-29-33(31)30(40)17-22(3)35(29)42)37(44)39(36(27)43)25-11-13-38(14-12-25)19-23-7-5-4-6-8-23/h4-9,15-17,25,27-28,31-32,41H,10-14,18-19H2,1-3H3/t27-,28+,31-,32-/m0/s1. The minimum atomic E-state index is -0.546. The first kappa shape index (κ1) is 28.7. The van der Waals surface area contributed by atoms with Crippen molar-refractivity contribution in [1.29, 1.82) is 0 Å². The molecule has 2 aromatic rings. The van der Waals surface area contributed by atoms with Crippen molar-refractivity contribution in [2.75, 3.05) is 13.1 Å². The van der Waals surface area contributed by atoms with E-state index in [0.717, 1.165) is 43.6 Å². The van der Waals surface area contributed by atoms with Crippen LogP contribution < -0.4 is 0 Å². The number of imide groups is 1. The lowest BCUT2D eigenvalue weighted by atomic mass is 9.59. The van der Waals surface area contributed by atoms with Gasteiger partial charge in [0.2, 0.25) is 11.8 Å². The summed E-state index contributed by atoms with van der Waals surface area (Å²) < 4.78 is 0. The van der Waals surface area contributed by atoms with Crippen LogP contribution in [0.5, 0.6) is 5.75 Å². The molecule has 2 aliphatic heterocycles. The Morgan fingerprint density at radius 1 is 0.886 bits per heavy atom. The number of phenolic OH excluding ortho intramolecular Hbond substituents is 1. The number of hydrogen-bond donors (Lipinski definition) is 1. The highest BCUT2D eigenvalue weighted by molar-refractivity contribution is 6.23. The molecular formula is C37H38N2O5. The van der Waals surface area contributed by atoms with Gasteiger partial charge in [0.05, 0.1) is 11.8 Å². The van der Waals surface area contributed by atoms with E-state index in [1.165, 1.54) is 11.6 Å². The molecule has 3 aliphatic carbocycles. The number of allylic oxidation sites excluding steroid dienone is 6. The highest BCUT2D eigenvalue weighted by Gasteiger charge is 2.57. The van der Waals surface area contributed by atoms with E-state index < -0.39 is 17.8 Å². The topological polar surface area (TPSA) is 95.0 Å². The molecule has 2 fully saturated rings. The molecular weight excluding hydrogens is 552 g/mol. The summed E-state index contributed by atoms with van der Waals surface area (Å²) in [6, 6.07) is 14.0. The Bertz CT molecular complexity index is 1670. The molecule has 0 aromatic heterocycles. The lowest BCUT2D eigenvalue weighted by molar-refractivity contribution is -0.144. The molecule has 0 unspecified atom stereocenters. The van der Waals surface area contributed by atoms with Gasteiger partial charge in [0.15, 0.2) is 11.6 Å². The summed E-state index contributed by atoms with van der Waals surface area (Å²) in [6.07, 6.45) is 5.71. The molecule has 2 heterocycles. The Morgan fingerprint density at radius 2 is 1.57 bits per heavy atom. The summed E-state index contributed by atoms with van der Waals surface area (Å²) in [4.78, 5) is 59.2. The van der Waals surface area contributed by atoms with Gasteiger partial charge in [-0.2, -0.15) is 0 Å². The van der Waals surface area contributed by atoms with Gasteiger partial charge in [0, 0.05) is 48.3 Å². The highest BCUT2D eigenvalue weighted by Crippen LogP contribution is 2.55. The average molecular weight is 591 g/mol. The molecule has 2 amide bonds. The van der Waals surface area contributed by atoms with Crippen molar-refractivity contribution in [1.82, 2.24) is 9.80 Å². The van der Waals surface area contributed by atoms with E-state index >= 15 is 0 Å². The van der Waals surface area contributed by atoms with Crippen molar-refractivity contribution in [2.45, 2.75) is 65.0 Å². The number of amides is 2. The number of carbonyl (C=O) groups excluding carboxylic acids is 4. The molecule has 226 valence electrons. The number of phenols is 1. The number of carbonyl (C=O) groups is 4. The third-order valence-electron chi connectivity index (χ3n) is 10.6. The van der Waals surface area contributed by atoms with Crippen LogP contribution in [0.15, 0.2) is 76.9 Å². The molecule has 0 radical (unpaired) electrons. The molecule has 1 N–H and O–H groups in total. The van der Waals surface area contributed by atoms with Gasteiger partial charge in [-0.1, -0.05) is 54.1 Å². The van der Waals surface area contributed by atoms with E-state index in [2.05, 4.69) is 23.1 Å². The van der Waals surface area contributed by atoms with Gasteiger partial charge >= 0.3 is 0 Å². The van der Waals surface area contributed by atoms with E-state index in [-0.39, 0.29) is 47.5 Å². The fraction of sp³-hybridized carbons (Fsp3) is 0.405. The molecule has 2 saturated heterocycles. The molecule has 2 aromatic carbocycles. The van der Waals surface area contributed by atoms with Crippen LogP contribution in [-0.2, 0) is 25.7 Å². The van der Waals surface area contributed by atoms with Crippen LogP contribution in [0.3, 0.4) is 0 Å². The van der Waals surface area contributed by atoms with Crippen LogP contribution in [0.2, 0.25) is 0 Å². The summed E-state index contributed by atoms with van der Waals surface area (Å²) in [5.74, 6) is -2.17. The van der Waals surface area contributed by atoms with Crippen molar-refractivity contribution in [3.63, 3.8) is 0 Å². The number of hydrogen-bond acceptors (Lipinski definition) is 6. The Balaban J connectivity index is 1.20. The molecule has 0 saturated carbocycles. The predicted octanol–water partition coefficient (Wildman–Crippen LogP) is 5.10. The normalized spacial score (nSPS) is 27.7. The van der Waals surface area contributed by atoms with E-state index in [1.54, 1.807) is 11.8 Å². The van der Waals surface area contributed by atoms with Crippen LogP contribution in [0, 0.1) is 31.6 Å². The lowest BCUT2D eigenvalue weighted by Crippen LogP contribution is -2.47. The third-order valence-corrected chi connectivity index (χ3v) is 10.6. The van der Waals surface area contributed by atoms with Crippen molar-refractivity contribution >= 4 is 23.4 Å². The number of Topliss-reactive ketones (excluding diaryl/α,β-unsaturated/α-hetero) is 1. The summed E-state index contributed by atoms with van der Waals surface area (Å²) in [7, 11) is 0. The molecule has 44 heavy (non-hydrogen) atoms. The van der Waals surface area contributed by atoms with E-state index in [0.29, 0.717) is 34.3 Å². The average Bonchev–Trinajstić information content (AvgIpc) is 3.27. The summed E-state index contributed by atoms with van der Waals surface area (Å²) in [5.41, 5.74) is 5.77. The molecule has 7 rings (SSSR count). The highest BCUT2D eigenvalue weighted by atomic mass is 16.3. The largest absolute Gasteiger partial charge is 0.507 e. The Kier molecular flexibility index (Phi) is 7.04. The minimum Gasteiger partial charge on any atom is -0.507 e. The fourth-order valence-electron chi connectivity index (χ4n) is 8.48. The van der Waals surface area contributed by atoms with Gasteiger partial charge < -0.3 is 5.11 Å².